The van der Waals surface area contributed by atoms with E-state index in [1.165, 1.54) is 56.9 Å². The van der Waals surface area contributed by atoms with Crippen LogP contribution in [0.3, 0.4) is 0 Å². The average Bonchev–Trinajstić information content (AvgIpc) is 2.98. The molecule has 2 aliphatic carbocycles. The molecule has 0 heterocycles. The number of hydrogen-bond donors (Lipinski definition) is 0. The molecule has 2 atom stereocenters. The highest BCUT2D eigenvalue weighted by Gasteiger charge is 2.23. The molecule has 0 bridgehead atoms. The highest BCUT2D eigenvalue weighted by molar-refractivity contribution is 5.64. The van der Waals surface area contributed by atoms with Gasteiger partial charge in [0.2, 0.25) is 0 Å². The Kier molecular flexibility index (Phi) is 6.73. The topological polar surface area (TPSA) is 0 Å². The van der Waals surface area contributed by atoms with Crippen molar-refractivity contribution in [1.29, 1.82) is 0 Å². The molecule has 2 aromatic rings. The van der Waals surface area contributed by atoms with E-state index in [0.29, 0.717) is 11.8 Å². The zero-order valence-electron chi connectivity index (χ0n) is 18.3. The van der Waals surface area contributed by atoms with Crippen LogP contribution in [-0.2, 0) is 0 Å². The lowest BCUT2D eigenvalue weighted by molar-refractivity contribution is 0.314. The van der Waals surface area contributed by atoms with Crippen molar-refractivity contribution in [2.75, 3.05) is 0 Å². The van der Waals surface area contributed by atoms with Gasteiger partial charge in [-0.25, -0.2) is 4.39 Å². The third kappa shape index (κ3) is 4.93. The molecule has 0 aliphatic heterocycles. The Balaban J connectivity index is 1.45. The first kappa shape index (κ1) is 20.6. The second kappa shape index (κ2) is 9.45. The highest BCUT2D eigenvalue weighted by Crippen LogP contribution is 2.39. The summed E-state index contributed by atoms with van der Waals surface area (Å²) in [4.78, 5) is 0. The van der Waals surface area contributed by atoms with Gasteiger partial charge in [-0.1, -0.05) is 75.9 Å². The minimum Gasteiger partial charge on any atom is -0.207 e. The largest absolute Gasteiger partial charge is 0.207 e. The molecule has 2 fully saturated rings. The molecule has 156 valence electrons. The minimum atomic E-state index is -0.00993. The van der Waals surface area contributed by atoms with Crippen LogP contribution in [0, 0.1) is 17.7 Å². The van der Waals surface area contributed by atoms with Crippen molar-refractivity contribution in [3.8, 4) is 11.1 Å². The summed E-state index contributed by atoms with van der Waals surface area (Å²) in [6.45, 7) is 4.67. The lowest BCUT2D eigenvalue weighted by atomic mass is 9.77. The number of benzene rings is 2. The van der Waals surface area contributed by atoms with Gasteiger partial charge in [-0.15, -0.1) is 0 Å². The van der Waals surface area contributed by atoms with Crippen LogP contribution < -0.4 is 0 Å². The Hall–Kier alpha value is -1.63. The monoisotopic (exact) mass is 392 g/mol. The van der Waals surface area contributed by atoms with Crippen molar-refractivity contribution in [2.24, 2.45) is 11.8 Å². The fourth-order valence-corrected chi connectivity index (χ4v) is 5.69. The summed E-state index contributed by atoms with van der Waals surface area (Å²) in [6, 6.07) is 14.9. The van der Waals surface area contributed by atoms with Gasteiger partial charge >= 0.3 is 0 Å². The van der Waals surface area contributed by atoms with E-state index in [-0.39, 0.29) is 5.82 Å². The number of hydrogen-bond acceptors (Lipinski definition) is 0. The molecule has 0 aromatic heterocycles. The molecule has 2 saturated carbocycles. The first-order valence-electron chi connectivity index (χ1n) is 12.0. The van der Waals surface area contributed by atoms with E-state index < -0.39 is 0 Å². The molecule has 2 aromatic carbocycles. The van der Waals surface area contributed by atoms with E-state index in [1.807, 2.05) is 0 Å². The lowest BCUT2D eigenvalue weighted by Crippen LogP contribution is -2.13. The second-order valence-corrected chi connectivity index (χ2v) is 9.79. The molecule has 29 heavy (non-hydrogen) atoms. The average molecular weight is 393 g/mol. The van der Waals surface area contributed by atoms with Gasteiger partial charge in [-0.2, -0.15) is 0 Å². The lowest BCUT2D eigenvalue weighted by Gasteiger charge is -2.28. The third-order valence-electron chi connectivity index (χ3n) is 7.84. The fraction of sp³-hybridized carbons (Fsp3) is 0.571. The molecule has 0 nitrogen and oxygen atoms in total. The predicted molar refractivity (Wildman–Crippen MR) is 122 cm³/mol. The van der Waals surface area contributed by atoms with E-state index >= 15 is 0 Å². The third-order valence-corrected chi connectivity index (χ3v) is 7.84. The van der Waals surface area contributed by atoms with Gasteiger partial charge < -0.3 is 0 Å². The van der Waals surface area contributed by atoms with Crippen LogP contribution in [-0.4, -0.2) is 0 Å². The van der Waals surface area contributed by atoms with Crippen molar-refractivity contribution in [3.63, 3.8) is 0 Å². The Morgan fingerprint density at radius 3 is 2.14 bits per heavy atom. The summed E-state index contributed by atoms with van der Waals surface area (Å²) in [5.74, 6) is 2.82. The normalized spacial score (nSPS) is 28.1. The Morgan fingerprint density at radius 1 is 0.759 bits per heavy atom. The molecule has 4 rings (SSSR count). The predicted octanol–water partition coefficient (Wildman–Crippen LogP) is 8.86. The van der Waals surface area contributed by atoms with Crippen molar-refractivity contribution in [3.05, 3.63) is 59.4 Å². The zero-order chi connectivity index (χ0) is 20.2. The molecule has 2 unspecified atom stereocenters. The summed E-state index contributed by atoms with van der Waals surface area (Å²) in [5.41, 5.74) is 4.55. The van der Waals surface area contributed by atoms with Crippen LogP contribution in [0.15, 0.2) is 42.5 Å². The van der Waals surface area contributed by atoms with Crippen LogP contribution in [0.5, 0.6) is 0 Å². The molecule has 0 radical (unpaired) electrons. The van der Waals surface area contributed by atoms with E-state index in [2.05, 4.69) is 50.2 Å². The summed E-state index contributed by atoms with van der Waals surface area (Å²) in [7, 11) is 0. The van der Waals surface area contributed by atoms with Crippen molar-refractivity contribution >= 4 is 0 Å². The Bertz CT molecular complexity index is 782. The number of halogens is 1. The maximum absolute atomic E-state index is 15.0. The SMILES string of the molecule is CCC1CCC(c2ccc(-c3ccc(C4CCCC(C)CC4)cc3)cc2F)CC1. The summed E-state index contributed by atoms with van der Waals surface area (Å²) >= 11 is 0. The molecule has 0 saturated heterocycles. The first-order valence-corrected chi connectivity index (χ1v) is 12.0. The van der Waals surface area contributed by atoms with Crippen LogP contribution in [0.25, 0.3) is 11.1 Å². The molecule has 0 spiro atoms. The second-order valence-electron chi connectivity index (χ2n) is 9.79. The van der Waals surface area contributed by atoms with Gasteiger partial charge in [0, 0.05) is 0 Å². The smallest absolute Gasteiger partial charge is 0.127 e. The first-order chi connectivity index (χ1) is 14.1. The molecule has 0 N–H and O–H groups in total. The van der Waals surface area contributed by atoms with Crippen LogP contribution in [0.2, 0.25) is 0 Å². The highest BCUT2D eigenvalue weighted by atomic mass is 19.1. The van der Waals surface area contributed by atoms with Crippen molar-refractivity contribution in [2.45, 2.75) is 89.9 Å². The zero-order valence-corrected chi connectivity index (χ0v) is 18.3. The Morgan fingerprint density at radius 2 is 1.45 bits per heavy atom. The van der Waals surface area contributed by atoms with Gasteiger partial charge in [0.1, 0.15) is 5.82 Å². The standard InChI is InChI=1S/C28H37F/c1-3-21-8-11-25(12-9-21)27-18-17-26(19-28(27)29)24-15-13-23(14-16-24)22-6-4-5-20(2)7-10-22/h13-22,25H,3-12H2,1-2H3. The molecular formula is C28H37F. The molecule has 1 heteroatoms. The van der Waals surface area contributed by atoms with E-state index in [0.717, 1.165) is 41.4 Å². The minimum absolute atomic E-state index is 0.00993. The molecule has 0 amide bonds. The quantitative estimate of drug-likeness (QED) is 0.456. The van der Waals surface area contributed by atoms with Gasteiger partial charge in [0.25, 0.3) is 0 Å². The van der Waals surface area contributed by atoms with E-state index in [4.69, 9.17) is 0 Å². The maximum Gasteiger partial charge on any atom is 0.127 e. The molecule has 2 aliphatic rings. The Labute approximate surface area is 176 Å². The van der Waals surface area contributed by atoms with Crippen LogP contribution >= 0.6 is 0 Å². The number of rotatable bonds is 4. The van der Waals surface area contributed by atoms with Gasteiger partial charge in [-0.05, 0) is 90.5 Å². The van der Waals surface area contributed by atoms with Crippen molar-refractivity contribution in [1.82, 2.24) is 0 Å². The molecular weight excluding hydrogens is 355 g/mol. The maximum atomic E-state index is 15.0. The van der Waals surface area contributed by atoms with E-state index in [1.54, 1.807) is 6.07 Å². The summed E-state index contributed by atoms with van der Waals surface area (Å²) in [6.07, 6.45) is 12.8. The van der Waals surface area contributed by atoms with Crippen LogP contribution in [0.1, 0.15) is 101 Å². The summed E-state index contributed by atoms with van der Waals surface area (Å²) < 4.78 is 15.0. The van der Waals surface area contributed by atoms with Crippen LogP contribution in [0.4, 0.5) is 4.39 Å². The van der Waals surface area contributed by atoms with Gasteiger partial charge in [0.05, 0.1) is 0 Å². The van der Waals surface area contributed by atoms with Gasteiger partial charge in [-0.3, -0.25) is 0 Å². The summed E-state index contributed by atoms with van der Waals surface area (Å²) in [5, 5.41) is 0. The van der Waals surface area contributed by atoms with E-state index in [9.17, 15) is 4.39 Å². The fourth-order valence-electron chi connectivity index (χ4n) is 5.69. The van der Waals surface area contributed by atoms with Crippen molar-refractivity contribution < 1.29 is 4.39 Å². The van der Waals surface area contributed by atoms with Gasteiger partial charge in [0.15, 0.2) is 0 Å².